The summed E-state index contributed by atoms with van der Waals surface area (Å²) in [4.78, 5) is 24.1. The zero-order chi connectivity index (χ0) is 13.6. The second-order valence-corrected chi connectivity index (χ2v) is 5.46. The standard InChI is InChI=1S/C13H24N2O3/c1-3-6-13(2)7-4-9-15(10-13)12(18)14-8-5-11(16)17/h3-10H2,1-2H3,(H,14,18)(H,16,17). The van der Waals surface area contributed by atoms with E-state index in [4.69, 9.17) is 5.11 Å². The van der Waals surface area contributed by atoms with Crippen molar-refractivity contribution in [1.29, 1.82) is 0 Å². The number of hydrogen-bond acceptors (Lipinski definition) is 2. The number of carboxylic acid groups (broad SMARTS) is 1. The molecule has 0 bridgehead atoms. The zero-order valence-corrected chi connectivity index (χ0v) is 11.4. The lowest BCUT2D eigenvalue weighted by Gasteiger charge is -2.40. The van der Waals surface area contributed by atoms with Crippen LogP contribution in [0.2, 0.25) is 0 Å². The van der Waals surface area contributed by atoms with E-state index >= 15 is 0 Å². The number of hydrogen-bond donors (Lipinski definition) is 2. The van der Waals surface area contributed by atoms with Gasteiger partial charge in [-0.15, -0.1) is 0 Å². The number of urea groups is 1. The van der Waals surface area contributed by atoms with Gasteiger partial charge in [-0.1, -0.05) is 20.3 Å². The van der Waals surface area contributed by atoms with Gasteiger partial charge in [-0.2, -0.15) is 0 Å². The SMILES string of the molecule is CCCC1(C)CCCN(C(=O)NCCC(=O)O)C1. The van der Waals surface area contributed by atoms with Crippen molar-refractivity contribution in [2.24, 2.45) is 5.41 Å². The molecule has 0 saturated carbocycles. The Morgan fingerprint density at radius 1 is 1.44 bits per heavy atom. The molecule has 1 fully saturated rings. The molecule has 1 heterocycles. The lowest BCUT2D eigenvalue weighted by Crippen LogP contribution is -2.49. The number of likely N-dealkylation sites (tertiary alicyclic amines) is 1. The Balaban J connectivity index is 2.40. The summed E-state index contributed by atoms with van der Waals surface area (Å²) in [6.07, 6.45) is 4.44. The molecule has 1 saturated heterocycles. The van der Waals surface area contributed by atoms with Crippen LogP contribution in [0.5, 0.6) is 0 Å². The van der Waals surface area contributed by atoms with Crippen LogP contribution < -0.4 is 5.32 Å². The molecule has 0 aromatic heterocycles. The molecule has 1 aliphatic rings. The summed E-state index contributed by atoms with van der Waals surface area (Å²) < 4.78 is 0. The van der Waals surface area contributed by atoms with Crippen molar-refractivity contribution in [2.45, 2.75) is 46.0 Å². The molecule has 0 aromatic rings. The Morgan fingerprint density at radius 3 is 2.78 bits per heavy atom. The van der Waals surface area contributed by atoms with Crippen molar-refractivity contribution in [3.63, 3.8) is 0 Å². The molecule has 18 heavy (non-hydrogen) atoms. The van der Waals surface area contributed by atoms with E-state index in [2.05, 4.69) is 19.2 Å². The highest BCUT2D eigenvalue weighted by molar-refractivity contribution is 5.75. The molecule has 1 rings (SSSR count). The molecule has 0 aromatic carbocycles. The lowest BCUT2D eigenvalue weighted by molar-refractivity contribution is -0.136. The number of piperidine rings is 1. The van der Waals surface area contributed by atoms with Crippen LogP contribution in [-0.2, 0) is 4.79 Å². The average molecular weight is 256 g/mol. The molecule has 1 unspecified atom stereocenters. The number of nitrogens with one attached hydrogen (secondary N) is 1. The Hall–Kier alpha value is -1.26. The molecule has 5 heteroatoms. The fourth-order valence-corrected chi connectivity index (χ4v) is 2.68. The highest BCUT2D eigenvalue weighted by atomic mass is 16.4. The number of carbonyl (C=O) groups excluding carboxylic acids is 1. The first-order valence-electron chi connectivity index (χ1n) is 6.71. The van der Waals surface area contributed by atoms with Gasteiger partial charge >= 0.3 is 12.0 Å². The maximum atomic E-state index is 11.9. The average Bonchev–Trinajstić information content (AvgIpc) is 2.28. The number of aliphatic carboxylic acids is 1. The van der Waals surface area contributed by atoms with Gasteiger partial charge < -0.3 is 15.3 Å². The summed E-state index contributed by atoms with van der Waals surface area (Å²) in [5.74, 6) is -0.884. The van der Waals surface area contributed by atoms with E-state index in [-0.39, 0.29) is 24.4 Å². The van der Waals surface area contributed by atoms with Crippen LogP contribution in [0, 0.1) is 5.41 Å². The van der Waals surface area contributed by atoms with E-state index in [0.29, 0.717) is 0 Å². The van der Waals surface area contributed by atoms with Crippen molar-refractivity contribution < 1.29 is 14.7 Å². The van der Waals surface area contributed by atoms with Gasteiger partial charge in [-0.05, 0) is 24.7 Å². The summed E-state index contributed by atoms with van der Waals surface area (Å²) in [5, 5.41) is 11.2. The van der Waals surface area contributed by atoms with Crippen molar-refractivity contribution in [3.05, 3.63) is 0 Å². The summed E-state index contributed by atoms with van der Waals surface area (Å²) in [6.45, 7) is 6.15. The van der Waals surface area contributed by atoms with Crippen molar-refractivity contribution in [3.8, 4) is 0 Å². The van der Waals surface area contributed by atoms with Gasteiger partial charge in [0.05, 0.1) is 6.42 Å². The predicted molar refractivity (Wildman–Crippen MR) is 69.5 cm³/mol. The van der Waals surface area contributed by atoms with E-state index in [1.165, 1.54) is 6.42 Å². The summed E-state index contributed by atoms with van der Waals surface area (Å²) in [5.41, 5.74) is 0.219. The molecule has 2 amide bonds. The van der Waals surface area contributed by atoms with E-state index in [1.54, 1.807) is 0 Å². The Morgan fingerprint density at radius 2 is 2.17 bits per heavy atom. The first-order valence-corrected chi connectivity index (χ1v) is 6.71. The zero-order valence-electron chi connectivity index (χ0n) is 11.4. The quantitative estimate of drug-likeness (QED) is 0.791. The molecule has 0 spiro atoms. The summed E-state index contributed by atoms with van der Waals surface area (Å²) >= 11 is 0. The van der Waals surface area contributed by atoms with Crippen LogP contribution in [0.4, 0.5) is 4.79 Å². The number of carboxylic acids is 1. The van der Waals surface area contributed by atoms with Crippen molar-refractivity contribution >= 4 is 12.0 Å². The van der Waals surface area contributed by atoms with Gasteiger partial charge in [0.2, 0.25) is 0 Å². The van der Waals surface area contributed by atoms with Crippen LogP contribution in [0.3, 0.4) is 0 Å². The van der Waals surface area contributed by atoms with E-state index in [9.17, 15) is 9.59 Å². The molecule has 0 radical (unpaired) electrons. The number of carbonyl (C=O) groups is 2. The van der Waals surface area contributed by atoms with Crippen LogP contribution in [0.25, 0.3) is 0 Å². The minimum atomic E-state index is -0.884. The third-order valence-electron chi connectivity index (χ3n) is 3.54. The molecule has 0 aliphatic carbocycles. The largest absolute Gasteiger partial charge is 0.481 e. The van der Waals surface area contributed by atoms with E-state index < -0.39 is 5.97 Å². The van der Waals surface area contributed by atoms with Gasteiger partial charge in [0.25, 0.3) is 0 Å². The van der Waals surface area contributed by atoms with Gasteiger partial charge in [0, 0.05) is 19.6 Å². The first kappa shape index (κ1) is 14.8. The van der Waals surface area contributed by atoms with Gasteiger partial charge in [0.1, 0.15) is 0 Å². The third-order valence-corrected chi connectivity index (χ3v) is 3.54. The molecule has 2 N–H and O–H groups in total. The van der Waals surface area contributed by atoms with Crippen LogP contribution in [0.1, 0.15) is 46.0 Å². The molecular weight excluding hydrogens is 232 g/mol. The van der Waals surface area contributed by atoms with E-state index in [0.717, 1.165) is 32.4 Å². The number of nitrogens with zero attached hydrogens (tertiary/aromatic N) is 1. The Kier molecular flexibility index (Phi) is 5.44. The second kappa shape index (κ2) is 6.61. The van der Waals surface area contributed by atoms with Crippen LogP contribution >= 0.6 is 0 Å². The summed E-state index contributed by atoms with van der Waals surface area (Å²) in [6, 6.07) is -0.127. The fraction of sp³-hybridized carbons (Fsp3) is 0.846. The van der Waals surface area contributed by atoms with Gasteiger partial charge in [0.15, 0.2) is 0 Å². The highest BCUT2D eigenvalue weighted by Gasteiger charge is 2.32. The third kappa shape index (κ3) is 4.55. The molecule has 1 aliphatic heterocycles. The minimum Gasteiger partial charge on any atom is -0.481 e. The fourth-order valence-electron chi connectivity index (χ4n) is 2.68. The van der Waals surface area contributed by atoms with E-state index in [1.807, 2.05) is 4.90 Å². The molecule has 104 valence electrons. The second-order valence-electron chi connectivity index (χ2n) is 5.46. The monoisotopic (exact) mass is 256 g/mol. The smallest absolute Gasteiger partial charge is 0.317 e. The molecule has 1 atom stereocenters. The van der Waals surface area contributed by atoms with Crippen molar-refractivity contribution in [2.75, 3.05) is 19.6 Å². The lowest BCUT2D eigenvalue weighted by atomic mass is 9.78. The number of rotatable bonds is 5. The van der Waals surface area contributed by atoms with Crippen LogP contribution in [-0.4, -0.2) is 41.6 Å². The normalized spacial score (nSPS) is 23.8. The maximum absolute atomic E-state index is 11.9. The Labute approximate surface area is 109 Å². The predicted octanol–water partition coefficient (Wildman–Crippen LogP) is 2.07. The topological polar surface area (TPSA) is 69.6 Å². The van der Waals surface area contributed by atoms with Gasteiger partial charge in [-0.3, -0.25) is 4.79 Å². The summed E-state index contributed by atoms with van der Waals surface area (Å²) in [7, 11) is 0. The minimum absolute atomic E-state index is 0.0220. The highest BCUT2D eigenvalue weighted by Crippen LogP contribution is 2.33. The molecule has 5 nitrogen and oxygen atoms in total. The maximum Gasteiger partial charge on any atom is 0.317 e. The van der Waals surface area contributed by atoms with Crippen LogP contribution in [0.15, 0.2) is 0 Å². The molecular formula is C13H24N2O3. The Bertz CT molecular complexity index is 303. The number of amides is 2. The van der Waals surface area contributed by atoms with Gasteiger partial charge in [-0.25, -0.2) is 4.79 Å². The first-order chi connectivity index (χ1) is 8.47. The van der Waals surface area contributed by atoms with Crippen molar-refractivity contribution in [1.82, 2.24) is 10.2 Å².